The second kappa shape index (κ2) is 5.49. The summed E-state index contributed by atoms with van der Waals surface area (Å²) < 4.78 is 0. The van der Waals surface area contributed by atoms with Crippen LogP contribution in [0.5, 0.6) is 0 Å². The Morgan fingerprint density at radius 1 is 1.18 bits per heavy atom. The minimum absolute atomic E-state index is 0.582. The standard InChI is InChI=1S/C14H10ClNO/c15-13-6-2-1-4-11(13)7-8-14(17)12-5-3-9-16-10-12/h1-6,9-10,14,17H. The fourth-order valence-corrected chi connectivity index (χ4v) is 1.51. The molecule has 0 radical (unpaired) electrons. The summed E-state index contributed by atoms with van der Waals surface area (Å²) >= 11 is 5.96. The van der Waals surface area contributed by atoms with E-state index in [1.165, 1.54) is 0 Å². The molecule has 17 heavy (non-hydrogen) atoms. The maximum absolute atomic E-state index is 9.82. The SMILES string of the molecule is OC(C#Cc1ccccc1Cl)c1cccnc1. The zero-order valence-electron chi connectivity index (χ0n) is 8.97. The van der Waals surface area contributed by atoms with Crippen molar-refractivity contribution in [2.24, 2.45) is 0 Å². The van der Waals surface area contributed by atoms with E-state index in [1.807, 2.05) is 18.2 Å². The largest absolute Gasteiger partial charge is 0.376 e. The maximum Gasteiger partial charge on any atom is 0.142 e. The summed E-state index contributed by atoms with van der Waals surface area (Å²) in [6.07, 6.45) is 2.39. The topological polar surface area (TPSA) is 33.1 Å². The summed E-state index contributed by atoms with van der Waals surface area (Å²) in [5.74, 6) is 5.59. The molecule has 1 N–H and O–H groups in total. The molecule has 1 aromatic heterocycles. The van der Waals surface area contributed by atoms with Crippen LogP contribution in [0, 0.1) is 11.8 Å². The van der Waals surface area contributed by atoms with Gasteiger partial charge in [-0.1, -0.05) is 41.6 Å². The smallest absolute Gasteiger partial charge is 0.142 e. The Balaban J connectivity index is 2.21. The quantitative estimate of drug-likeness (QED) is 0.782. The summed E-state index contributed by atoms with van der Waals surface area (Å²) in [6, 6.07) is 10.8. The molecule has 2 nitrogen and oxygen atoms in total. The lowest BCUT2D eigenvalue weighted by molar-refractivity contribution is 0.238. The molecular weight excluding hydrogens is 234 g/mol. The van der Waals surface area contributed by atoms with Crippen molar-refractivity contribution in [1.29, 1.82) is 0 Å². The third-order valence-corrected chi connectivity index (χ3v) is 2.55. The van der Waals surface area contributed by atoms with Crippen LogP contribution in [-0.2, 0) is 0 Å². The summed E-state index contributed by atoms with van der Waals surface area (Å²) in [7, 11) is 0. The van der Waals surface area contributed by atoms with Gasteiger partial charge in [-0.3, -0.25) is 4.98 Å². The Bertz CT molecular complexity index is 557. The molecule has 84 valence electrons. The van der Waals surface area contributed by atoms with Crippen molar-refractivity contribution in [2.45, 2.75) is 6.10 Å². The molecule has 0 amide bonds. The van der Waals surface area contributed by atoms with E-state index in [-0.39, 0.29) is 0 Å². The van der Waals surface area contributed by atoms with E-state index >= 15 is 0 Å². The Labute approximate surface area is 105 Å². The molecule has 0 bridgehead atoms. The van der Waals surface area contributed by atoms with E-state index in [4.69, 9.17) is 11.6 Å². The molecule has 0 saturated heterocycles. The summed E-state index contributed by atoms with van der Waals surface area (Å²) in [5, 5.41) is 10.4. The highest BCUT2D eigenvalue weighted by molar-refractivity contribution is 6.31. The number of hydrogen-bond donors (Lipinski definition) is 1. The van der Waals surface area contributed by atoms with E-state index in [0.717, 1.165) is 0 Å². The number of pyridine rings is 1. The first-order valence-corrected chi connectivity index (χ1v) is 5.49. The highest BCUT2D eigenvalue weighted by Gasteiger charge is 2.02. The van der Waals surface area contributed by atoms with Gasteiger partial charge in [-0.15, -0.1) is 0 Å². The summed E-state index contributed by atoms with van der Waals surface area (Å²) in [4.78, 5) is 3.92. The van der Waals surface area contributed by atoms with Crippen molar-refractivity contribution < 1.29 is 5.11 Å². The monoisotopic (exact) mass is 243 g/mol. The van der Waals surface area contributed by atoms with E-state index in [2.05, 4.69) is 16.8 Å². The minimum Gasteiger partial charge on any atom is -0.376 e. The predicted molar refractivity (Wildman–Crippen MR) is 67.5 cm³/mol. The van der Waals surface area contributed by atoms with Crippen LogP contribution in [0.2, 0.25) is 5.02 Å². The Hall–Kier alpha value is -1.82. The van der Waals surface area contributed by atoms with Crippen LogP contribution in [0.3, 0.4) is 0 Å². The average molecular weight is 244 g/mol. The highest BCUT2D eigenvalue weighted by Crippen LogP contribution is 2.14. The van der Waals surface area contributed by atoms with Gasteiger partial charge in [-0.25, -0.2) is 0 Å². The van der Waals surface area contributed by atoms with Crippen molar-refractivity contribution in [3.05, 3.63) is 64.9 Å². The van der Waals surface area contributed by atoms with Gasteiger partial charge in [0.25, 0.3) is 0 Å². The van der Waals surface area contributed by atoms with Gasteiger partial charge in [0.05, 0.1) is 5.02 Å². The molecule has 2 rings (SSSR count). The number of halogens is 1. The van der Waals surface area contributed by atoms with Crippen LogP contribution >= 0.6 is 11.6 Å². The number of nitrogens with zero attached hydrogens (tertiary/aromatic N) is 1. The lowest BCUT2D eigenvalue weighted by atomic mass is 10.1. The van der Waals surface area contributed by atoms with Crippen LogP contribution in [0.25, 0.3) is 0 Å². The Morgan fingerprint density at radius 2 is 2.00 bits per heavy atom. The van der Waals surface area contributed by atoms with Crippen LogP contribution in [0.15, 0.2) is 48.8 Å². The minimum atomic E-state index is -0.847. The molecule has 3 heteroatoms. The number of hydrogen-bond acceptors (Lipinski definition) is 2. The molecule has 1 aromatic carbocycles. The zero-order chi connectivity index (χ0) is 12.1. The number of aliphatic hydroxyl groups is 1. The molecule has 0 spiro atoms. The van der Waals surface area contributed by atoms with Gasteiger partial charge in [0.15, 0.2) is 0 Å². The van der Waals surface area contributed by atoms with Crippen LogP contribution in [0.1, 0.15) is 17.2 Å². The number of rotatable bonds is 1. The molecule has 1 unspecified atom stereocenters. The molecule has 0 aliphatic carbocycles. The van der Waals surface area contributed by atoms with Gasteiger partial charge >= 0.3 is 0 Å². The molecule has 0 fully saturated rings. The molecule has 0 saturated carbocycles. The highest BCUT2D eigenvalue weighted by atomic mass is 35.5. The van der Waals surface area contributed by atoms with Gasteiger partial charge in [0, 0.05) is 23.5 Å². The number of benzene rings is 1. The van der Waals surface area contributed by atoms with Crippen molar-refractivity contribution in [1.82, 2.24) is 4.98 Å². The first-order valence-electron chi connectivity index (χ1n) is 5.11. The van der Waals surface area contributed by atoms with Crippen molar-refractivity contribution in [3.63, 3.8) is 0 Å². The molecule has 1 atom stereocenters. The second-order valence-corrected chi connectivity index (χ2v) is 3.85. The third-order valence-electron chi connectivity index (χ3n) is 2.22. The fraction of sp³-hybridized carbons (Fsp3) is 0.0714. The third kappa shape index (κ3) is 3.07. The van der Waals surface area contributed by atoms with E-state index in [0.29, 0.717) is 16.1 Å². The van der Waals surface area contributed by atoms with Crippen molar-refractivity contribution in [3.8, 4) is 11.8 Å². The van der Waals surface area contributed by atoms with E-state index in [9.17, 15) is 5.11 Å². The lowest BCUT2D eigenvalue weighted by Gasteiger charge is -2.01. The fourth-order valence-electron chi connectivity index (χ4n) is 1.33. The summed E-state index contributed by atoms with van der Waals surface area (Å²) in [6.45, 7) is 0. The van der Waals surface area contributed by atoms with Gasteiger partial charge in [-0.05, 0) is 18.2 Å². The lowest BCUT2D eigenvalue weighted by Crippen LogP contribution is -1.93. The molecule has 0 aliphatic heterocycles. The van der Waals surface area contributed by atoms with Gasteiger partial charge < -0.3 is 5.11 Å². The van der Waals surface area contributed by atoms with E-state index < -0.39 is 6.10 Å². The average Bonchev–Trinajstić information content (AvgIpc) is 2.38. The van der Waals surface area contributed by atoms with Gasteiger partial charge in [0.1, 0.15) is 6.10 Å². The van der Waals surface area contributed by atoms with Crippen LogP contribution in [0.4, 0.5) is 0 Å². The normalized spacial score (nSPS) is 11.4. The molecule has 1 heterocycles. The van der Waals surface area contributed by atoms with Crippen LogP contribution in [-0.4, -0.2) is 10.1 Å². The molecule has 0 aliphatic rings. The van der Waals surface area contributed by atoms with Gasteiger partial charge in [0.2, 0.25) is 0 Å². The van der Waals surface area contributed by atoms with Crippen molar-refractivity contribution >= 4 is 11.6 Å². The predicted octanol–water partition coefficient (Wildman–Crippen LogP) is 2.82. The Kier molecular flexibility index (Phi) is 3.77. The van der Waals surface area contributed by atoms with E-state index in [1.54, 1.807) is 30.6 Å². The summed E-state index contributed by atoms with van der Waals surface area (Å²) in [5.41, 5.74) is 1.38. The first-order chi connectivity index (χ1) is 8.27. The van der Waals surface area contributed by atoms with Gasteiger partial charge in [-0.2, -0.15) is 0 Å². The van der Waals surface area contributed by atoms with Crippen molar-refractivity contribution in [2.75, 3.05) is 0 Å². The zero-order valence-corrected chi connectivity index (χ0v) is 9.72. The molecule has 2 aromatic rings. The first kappa shape index (κ1) is 11.7. The number of aliphatic hydroxyl groups excluding tert-OH is 1. The maximum atomic E-state index is 9.82. The molecular formula is C14H10ClNO. The van der Waals surface area contributed by atoms with Crippen LogP contribution < -0.4 is 0 Å². The Morgan fingerprint density at radius 3 is 2.71 bits per heavy atom. The number of aromatic nitrogens is 1. The second-order valence-electron chi connectivity index (χ2n) is 3.44.